The average molecular weight is 254 g/mol. The molecular weight excluding hydrogens is 242 g/mol. The summed E-state index contributed by atoms with van der Waals surface area (Å²) in [7, 11) is 0. The zero-order valence-electron chi connectivity index (χ0n) is 8.00. The lowest BCUT2D eigenvalue weighted by molar-refractivity contribution is 0.185. The summed E-state index contributed by atoms with van der Waals surface area (Å²) in [5.74, 6) is 0. The third kappa shape index (κ3) is 3.13. The van der Waals surface area contributed by atoms with Gasteiger partial charge < -0.3 is 5.11 Å². The molecule has 3 heteroatoms. The maximum atomic E-state index is 9.15. The van der Waals surface area contributed by atoms with Crippen molar-refractivity contribution in [1.29, 1.82) is 5.26 Å². The van der Waals surface area contributed by atoms with Crippen LogP contribution in [-0.4, -0.2) is 11.2 Å². The molecule has 14 heavy (non-hydrogen) atoms. The lowest BCUT2D eigenvalue weighted by Gasteiger charge is -2.06. The zero-order valence-corrected chi connectivity index (χ0v) is 9.58. The topological polar surface area (TPSA) is 44.0 Å². The number of hydrogen-bond donors (Lipinski definition) is 1. The maximum Gasteiger partial charge on any atom is 0.0991 e. The van der Waals surface area contributed by atoms with Crippen LogP contribution in [0.5, 0.6) is 0 Å². The molecule has 0 radical (unpaired) electrons. The second kappa shape index (κ2) is 5.14. The number of hydrogen-bond acceptors (Lipinski definition) is 2. The van der Waals surface area contributed by atoms with Gasteiger partial charge in [-0.1, -0.05) is 15.9 Å². The third-order valence-corrected chi connectivity index (χ3v) is 2.78. The highest BCUT2D eigenvalue weighted by atomic mass is 79.9. The second-order valence-electron chi connectivity index (χ2n) is 3.31. The van der Waals surface area contributed by atoms with Gasteiger partial charge in [0.1, 0.15) is 0 Å². The lowest BCUT2D eigenvalue weighted by atomic mass is 10.1. The van der Waals surface area contributed by atoms with Gasteiger partial charge in [0.05, 0.1) is 17.7 Å². The fourth-order valence-corrected chi connectivity index (χ4v) is 1.65. The van der Waals surface area contributed by atoms with Gasteiger partial charge in [-0.05, 0) is 43.5 Å². The van der Waals surface area contributed by atoms with Crippen molar-refractivity contribution in [2.75, 3.05) is 0 Å². The summed E-state index contributed by atoms with van der Waals surface area (Å²) < 4.78 is 0.997. The number of halogens is 1. The molecule has 0 aliphatic rings. The normalized spacial score (nSPS) is 12.1. The smallest absolute Gasteiger partial charge is 0.0991 e. The Morgan fingerprint density at radius 1 is 1.57 bits per heavy atom. The fourth-order valence-electron chi connectivity index (χ4n) is 1.20. The van der Waals surface area contributed by atoms with Gasteiger partial charge in [-0.2, -0.15) is 5.26 Å². The van der Waals surface area contributed by atoms with Gasteiger partial charge in [-0.25, -0.2) is 0 Å². The molecule has 1 atom stereocenters. The number of nitrogens with zero attached hydrogens (tertiary/aromatic N) is 1. The molecule has 0 heterocycles. The first-order valence-corrected chi connectivity index (χ1v) is 5.29. The molecule has 2 nitrogen and oxygen atoms in total. The van der Waals surface area contributed by atoms with Crippen LogP contribution in [-0.2, 0) is 6.42 Å². The van der Waals surface area contributed by atoms with Crippen molar-refractivity contribution in [2.24, 2.45) is 0 Å². The van der Waals surface area contributed by atoms with Crippen molar-refractivity contribution in [1.82, 2.24) is 0 Å². The van der Waals surface area contributed by atoms with Gasteiger partial charge in [-0.3, -0.25) is 0 Å². The molecule has 0 fully saturated rings. The molecule has 0 aliphatic heterocycles. The Hall–Kier alpha value is -0.850. The summed E-state index contributed by atoms with van der Waals surface area (Å²) in [4.78, 5) is 0. The minimum absolute atomic E-state index is 0.298. The molecule has 0 saturated heterocycles. The summed E-state index contributed by atoms with van der Waals surface area (Å²) in [6.45, 7) is 1.77. The van der Waals surface area contributed by atoms with Crippen LogP contribution < -0.4 is 0 Å². The number of aliphatic hydroxyl groups is 1. The molecular formula is C11H12BrNO. The van der Waals surface area contributed by atoms with Gasteiger partial charge in [0.25, 0.3) is 0 Å². The fraction of sp³-hybridized carbons (Fsp3) is 0.364. The SMILES string of the molecule is C[C@H](O)CCc1cc(C#N)ccc1Br. The van der Waals surface area contributed by atoms with Crippen LogP contribution in [0.4, 0.5) is 0 Å². The van der Waals surface area contributed by atoms with Crippen LogP contribution in [0.2, 0.25) is 0 Å². The summed E-state index contributed by atoms with van der Waals surface area (Å²) in [6, 6.07) is 7.60. The molecule has 0 aliphatic carbocycles. The highest BCUT2D eigenvalue weighted by Gasteiger charge is 2.03. The summed E-state index contributed by atoms with van der Waals surface area (Å²) >= 11 is 3.42. The van der Waals surface area contributed by atoms with E-state index in [9.17, 15) is 0 Å². The standard InChI is InChI=1S/C11H12BrNO/c1-8(14)2-4-10-6-9(7-13)3-5-11(10)12/h3,5-6,8,14H,2,4H2,1H3/t8-/m0/s1. The Bertz CT molecular complexity index is 355. The Morgan fingerprint density at radius 3 is 2.86 bits per heavy atom. The van der Waals surface area contributed by atoms with Crippen molar-refractivity contribution < 1.29 is 5.11 Å². The molecule has 1 N–H and O–H groups in total. The number of nitriles is 1. The quantitative estimate of drug-likeness (QED) is 0.901. The predicted molar refractivity (Wildman–Crippen MR) is 58.9 cm³/mol. The number of aliphatic hydroxyl groups excluding tert-OH is 1. The van der Waals surface area contributed by atoms with Gasteiger partial charge in [0, 0.05) is 4.47 Å². The van der Waals surface area contributed by atoms with Crippen molar-refractivity contribution in [2.45, 2.75) is 25.9 Å². The van der Waals surface area contributed by atoms with Gasteiger partial charge in [0.2, 0.25) is 0 Å². The molecule has 0 bridgehead atoms. The summed E-state index contributed by atoms with van der Waals surface area (Å²) in [5, 5.41) is 17.9. The van der Waals surface area contributed by atoms with E-state index in [0.717, 1.165) is 16.5 Å². The molecule has 74 valence electrons. The zero-order chi connectivity index (χ0) is 10.6. The molecule has 1 rings (SSSR count). The van der Waals surface area contributed by atoms with Crippen molar-refractivity contribution in [3.8, 4) is 6.07 Å². The first kappa shape index (κ1) is 11.2. The summed E-state index contributed by atoms with van der Waals surface area (Å²) in [5.41, 5.74) is 1.73. The average Bonchev–Trinajstić information content (AvgIpc) is 2.16. The van der Waals surface area contributed by atoms with Crippen LogP contribution in [0.25, 0.3) is 0 Å². The van der Waals surface area contributed by atoms with Gasteiger partial charge in [-0.15, -0.1) is 0 Å². The Balaban J connectivity index is 2.80. The van der Waals surface area contributed by atoms with E-state index in [4.69, 9.17) is 10.4 Å². The molecule has 0 unspecified atom stereocenters. The lowest BCUT2D eigenvalue weighted by Crippen LogP contribution is -2.01. The minimum Gasteiger partial charge on any atom is -0.393 e. The van der Waals surface area contributed by atoms with Crippen molar-refractivity contribution >= 4 is 15.9 Å². The van der Waals surface area contributed by atoms with Crippen LogP contribution in [0.1, 0.15) is 24.5 Å². The Labute approximate surface area is 92.3 Å². The third-order valence-electron chi connectivity index (χ3n) is 2.01. The number of rotatable bonds is 3. The van der Waals surface area contributed by atoms with Crippen LogP contribution in [0.3, 0.4) is 0 Å². The molecule has 1 aromatic rings. The monoisotopic (exact) mass is 253 g/mol. The van der Waals surface area contributed by atoms with E-state index in [1.165, 1.54) is 0 Å². The van der Waals surface area contributed by atoms with Crippen molar-refractivity contribution in [3.05, 3.63) is 33.8 Å². The highest BCUT2D eigenvalue weighted by molar-refractivity contribution is 9.10. The van der Waals surface area contributed by atoms with E-state index in [1.807, 2.05) is 12.1 Å². The summed E-state index contributed by atoms with van der Waals surface area (Å²) in [6.07, 6.45) is 1.20. The van der Waals surface area contributed by atoms with E-state index >= 15 is 0 Å². The first-order chi connectivity index (χ1) is 6.63. The molecule has 0 spiro atoms. The number of benzene rings is 1. The van der Waals surface area contributed by atoms with E-state index in [2.05, 4.69) is 22.0 Å². The number of aryl methyl sites for hydroxylation is 1. The molecule has 0 aromatic heterocycles. The van der Waals surface area contributed by atoms with E-state index in [0.29, 0.717) is 12.0 Å². The minimum atomic E-state index is -0.298. The molecule has 1 aromatic carbocycles. The van der Waals surface area contributed by atoms with Gasteiger partial charge >= 0.3 is 0 Å². The Kier molecular flexibility index (Phi) is 4.12. The maximum absolute atomic E-state index is 9.15. The second-order valence-corrected chi connectivity index (χ2v) is 4.16. The van der Waals surface area contributed by atoms with E-state index in [1.54, 1.807) is 13.0 Å². The van der Waals surface area contributed by atoms with E-state index < -0.39 is 0 Å². The molecule has 0 amide bonds. The predicted octanol–water partition coefficient (Wildman–Crippen LogP) is 2.63. The first-order valence-electron chi connectivity index (χ1n) is 4.50. The van der Waals surface area contributed by atoms with Gasteiger partial charge in [0.15, 0.2) is 0 Å². The highest BCUT2D eigenvalue weighted by Crippen LogP contribution is 2.20. The molecule has 0 saturated carbocycles. The van der Waals surface area contributed by atoms with Crippen LogP contribution >= 0.6 is 15.9 Å². The largest absolute Gasteiger partial charge is 0.393 e. The van der Waals surface area contributed by atoms with E-state index in [-0.39, 0.29) is 6.10 Å². The Morgan fingerprint density at radius 2 is 2.29 bits per heavy atom. The van der Waals surface area contributed by atoms with Crippen LogP contribution in [0.15, 0.2) is 22.7 Å². The van der Waals surface area contributed by atoms with Crippen molar-refractivity contribution in [3.63, 3.8) is 0 Å². The van der Waals surface area contributed by atoms with Crippen LogP contribution in [0, 0.1) is 11.3 Å².